The van der Waals surface area contributed by atoms with Gasteiger partial charge in [0, 0.05) is 40.7 Å². The lowest BCUT2D eigenvalue weighted by Crippen LogP contribution is -2.53. The predicted octanol–water partition coefficient (Wildman–Crippen LogP) is 6.46. The first kappa shape index (κ1) is 39.8. The number of anilines is 1. The molecule has 1 aliphatic carbocycles. The quantitative estimate of drug-likeness (QED) is 0.103. The molecule has 0 unspecified atom stereocenters. The summed E-state index contributed by atoms with van der Waals surface area (Å²) < 4.78 is 106. The van der Waals surface area contributed by atoms with E-state index in [-0.39, 0.29) is 20.4 Å². The van der Waals surface area contributed by atoms with Crippen molar-refractivity contribution in [2.45, 2.75) is 53.9 Å². The number of nitrogen functional groups attached to an aromatic ring is 1. The zero-order valence-corrected chi connectivity index (χ0v) is 29.8. The lowest BCUT2D eigenvalue weighted by atomic mass is 9.81. The summed E-state index contributed by atoms with van der Waals surface area (Å²) in [4.78, 5) is 26.2. The van der Waals surface area contributed by atoms with Crippen molar-refractivity contribution in [3.05, 3.63) is 118 Å². The van der Waals surface area contributed by atoms with Gasteiger partial charge in [0.1, 0.15) is 0 Å². The Morgan fingerprint density at radius 1 is 0.925 bits per heavy atom. The standard InChI is InChI=1S/C36H37F5N4O6S2/c1-51-34(48)45(33(47)31(43)30(23-8-4-2-5-9-23)24-10-6-3-7-11-24)32(36(39,40)41)29-17-16-28(52-29)27(21-46)44(20-22-18-35(37,38)19-22)53(49,50)26-14-12-25(42)13-15-26/h2-17,22,27,30-32,46H,18-21,42-43H2,1H3/t27-,31+,32-/m1/s1. The number of benzene rings is 3. The predicted molar refractivity (Wildman–Crippen MR) is 187 cm³/mol. The Morgan fingerprint density at radius 3 is 1.92 bits per heavy atom. The molecule has 10 nitrogen and oxygen atoms in total. The minimum Gasteiger partial charge on any atom is -0.452 e. The summed E-state index contributed by atoms with van der Waals surface area (Å²) in [7, 11) is -3.74. The van der Waals surface area contributed by atoms with Gasteiger partial charge in [0.25, 0.3) is 5.91 Å². The molecular weight excluding hydrogens is 744 g/mol. The van der Waals surface area contributed by atoms with E-state index in [0.29, 0.717) is 22.5 Å². The van der Waals surface area contributed by atoms with E-state index in [0.717, 1.165) is 23.5 Å². The van der Waals surface area contributed by atoms with Crippen molar-refractivity contribution < 1.29 is 49.8 Å². The van der Waals surface area contributed by atoms with E-state index in [4.69, 9.17) is 11.5 Å². The molecule has 1 saturated carbocycles. The van der Waals surface area contributed by atoms with Crippen molar-refractivity contribution in [3.63, 3.8) is 0 Å². The number of imide groups is 1. The highest BCUT2D eigenvalue weighted by Crippen LogP contribution is 2.47. The number of nitrogens with two attached hydrogens (primary N) is 2. The molecule has 3 atom stereocenters. The Bertz CT molecular complexity index is 1930. The van der Waals surface area contributed by atoms with Gasteiger partial charge in [0.15, 0.2) is 6.04 Å². The number of amides is 2. The topological polar surface area (TPSA) is 156 Å². The van der Waals surface area contributed by atoms with Crippen molar-refractivity contribution in [1.29, 1.82) is 0 Å². The molecule has 0 radical (unpaired) electrons. The van der Waals surface area contributed by atoms with Gasteiger partial charge in [0.05, 0.1) is 30.7 Å². The number of thiophene rings is 1. The minimum absolute atomic E-state index is 0.105. The van der Waals surface area contributed by atoms with Crippen LogP contribution in [-0.4, -0.2) is 73.1 Å². The molecule has 53 heavy (non-hydrogen) atoms. The fourth-order valence-corrected chi connectivity index (χ4v) is 9.41. The first-order valence-corrected chi connectivity index (χ1v) is 18.5. The Morgan fingerprint density at radius 2 is 1.45 bits per heavy atom. The second-order valence-corrected chi connectivity index (χ2v) is 15.7. The van der Waals surface area contributed by atoms with Crippen LogP contribution >= 0.6 is 11.3 Å². The van der Waals surface area contributed by atoms with E-state index in [1.165, 1.54) is 24.3 Å². The van der Waals surface area contributed by atoms with Gasteiger partial charge in [-0.3, -0.25) is 4.79 Å². The Kier molecular flexibility index (Phi) is 11.9. The number of carbonyl (C=O) groups is 2. The largest absolute Gasteiger partial charge is 0.452 e. The van der Waals surface area contributed by atoms with Crippen molar-refractivity contribution in [2.75, 3.05) is 26.0 Å². The molecule has 284 valence electrons. The highest BCUT2D eigenvalue weighted by Gasteiger charge is 2.53. The summed E-state index contributed by atoms with van der Waals surface area (Å²) in [6.07, 6.45) is -8.22. The third-order valence-electron chi connectivity index (χ3n) is 9.00. The lowest BCUT2D eigenvalue weighted by molar-refractivity contribution is -0.186. The zero-order chi connectivity index (χ0) is 38.7. The van der Waals surface area contributed by atoms with Crippen LogP contribution in [0.4, 0.5) is 32.4 Å². The molecular formula is C36H37F5N4O6S2. The van der Waals surface area contributed by atoms with Gasteiger partial charge in [-0.2, -0.15) is 17.5 Å². The summed E-state index contributed by atoms with van der Waals surface area (Å²) in [6, 6.07) is 17.5. The van der Waals surface area contributed by atoms with E-state index in [2.05, 4.69) is 4.74 Å². The third-order valence-corrected chi connectivity index (χ3v) is 12.1. The number of aliphatic hydroxyl groups is 1. The van der Waals surface area contributed by atoms with Gasteiger partial charge in [-0.1, -0.05) is 60.7 Å². The Balaban J connectivity index is 1.56. The Labute approximate surface area is 306 Å². The number of alkyl halides is 5. The Hall–Kier alpha value is -4.42. The maximum Gasteiger partial charge on any atom is 0.417 e. The molecule has 17 heteroatoms. The number of hydrogen-bond donors (Lipinski definition) is 3. The second-order valence-electron chi connectivity index (χ2n) is 12.7. The molecule has 0 bridgehead atoms. The van der Waals surface area contributed by atoms with Gasteiger partial charge in [-0.05, 0) is 53.4 Å². The molecule has 1 aromatic heterocycles. The van der Waals surface area contributed by atoms with Crippen molar-refractivity contribution in [3.8, 4) is 0 Å². The van der Waals surface area contributed by atoms with Gasteiger partial charge in [0.2, 0.25) is 15.9 Å². The van der Waals surface area contributed by atoms with Crippen LogP contribution in [0.2, 0.25) is 0 Å². The number of rotatable bonds is 13. The molecule has 1 fully saturated rings. The first-order valence-electron chi connectivity index (χ1n) is 16.3. The smallest absolute Gasteiger partial charge is 0.417 e. The molecule has 2 amide bonds. The highest BCUT2D eigenvalue weighted by molar-refractivity contribution is 7.89. The summed E-state index contributed by atoms with van der Waals surface area (Å²) in [5.41, 5.74) is 13.4. The van der Waals surface area contributed by atoms with Gasteiger partial charge < -0.3 is 21.3 Å². The molecule has 0 aliphatic heterocycles. The van der Waals surface area contributed by atoms with Crippen LogP contribution in [0.5, 0.6) is 0 Å². The van der Waals surface area contributed by atoms with Crippen LogP contribution < -0.4 is 11.5 Å². The molecule has 4 aromatic rings. The summed E-state index contributed by atoms with van der Waals surface area (Å²) in [5, 5.41) is 10.5. The summed E-state index contributed by atoms with van der Waals surface area (Å²) in [6.45, 7) is -1.43. The van der Waals surface area contributed by atoms with Crippen LogP contribution in [0.3, 0.4) is 0 Å². The number of aliphatic hydroxyl groups excluding tert-OH is 1. The molecule has 1 heterocycles. The number of halogens is 5. The maximum atomic E-state index is 15.1. The molecule has 0 spiro atoms. The van der Waals surface area contributed by atoms with E-state index < -0.39 is 95.0 Å². The van der Waals surface area contributed by atoms with Crippen LogP contribution in [0.25, 0.3) is 0 Å². The normalized spacial score (nSPS) is 16.5. The molecule has 3 aromatic carbocycles. The van der Waals surface area contributed by atoms with Gasteiger partial charge in [-0.15, -0.1) is 11.3 Å². The number of hydrogen-bond acceptors (Lipinski definition) is 9. The third kappa shape index (κ3) is 8.70. The molecule has 0 saturated heterocycles. The van der Waals surface area contributed by atoms with E-state index in [1.807, 2.05) is 0 Å². The fourth-order valence-electron chi connectivity index (χ4n) is 6.44. The average Bonchev–Trinajstić information content (AvgIpc) is 3.58. The number of carbonyl (C=O) groups excluding carboxylic acids is 2. The van der Waals surface area contributed by atoms with E-state index in [1.54, 1.807) is 60.7 Å². The maximum absolute atomic E-state index is 15.1. The average molecular weight is 781 g/mol. The molecule has 5 rings (SSSR count). The van der Waals surface area contributed by atoms with Crippen LogP contribution in [-0.2, 0) is 19.6 Å². The summed E-state index contributed by atoms with van der Waals surface area (Å²) >= 11 is 0.385. The molecule has 5 N–H and O–H groups in total. The van der Waals surface area contributed by atoms with Gasteiger partial charge in [-0.25, -0.2) is 26.9 Å². The highest BCUT2D eigenvalue weighted by atomic mass is 32.2. The number of nitrogens with zero attached hydrogens (tertiary/aromatic N) is 2. The van der Waals surface area contributed by atoms with Crippen LogP contribution in [0.15, 0.2) is 102 Å². The van der Waals surface area contributed by atoms with Crippen molar-refractivity contribution in [1.82, 2.24) is 9.21 Å². The monoisotopic (exact) mass is 780 g/mol. The second kappa shape index (κ2) is 15.9. The number of ether oxygens (including phenoxy) is 1. The van der Waals surface area contributed by atoms with Crippen LogP contribution in [0, 0.1) is 5.92 Å². The van der Waals surface area contributed by atoms with Crippen molar-refractivity contribution >= 4 is 39.0 Å². The van der Waals surface area contributed by atoms with E-state index >= 15 is 13.2 Å². The first-order chi connectivity index (χ1) is 25.0. The number of sulfonamides is 1. The minimum atomic E-state index is -5.30. The lowest BCUT2D eigenvalue weighted by Gasteiger charge is -2.39. The molecule has 1 aliphatic rings. The van der Waals surface area contributed by atoms with E-state index in [9.17, 15) is 31.9 Å². The number of methoxy groups -OCH3 is 1. The van der Waals surface area contributed by atoms with Gasteiger partial charge >= 0.3 is 12.3 Å². The summed E-state index contributed by atoms with van der Waals surface area (Å²) in [5.74, 6) is -6.24. The van der Waals surface area contributed by atoms with Crippen LogP contribution in [0.1, 0.15) is 51.7 Å². The zero-order valence-electron chi connectivity index (χ0n) is 28.2. The van der Waals surface area contributed by atoms with Crippen molar-refractivity contribution in [2.24, 2.45) is 11.7 Å². The SMILES string of the molecule is COC(=O)N(C(=O)[C@@H](N)C(c1ccccc1)c1ccccc1)[C@H](c1ccc([C@@H](CO)N(CC2CC(F)(F)C2)S(=O)(=O)c2ccc(N)cc2)s1)C(F)(F)F. The fraction of sp³-hybridized carbons (Fsp3) is 0.333.